The van der Waals surface area contributed by atoms with Crippen LogP contribution in [0.5, 0.6) is 0 Å². The Morgan fingerprint density at radius 1 is 0.933 bits per heavy atom. The lowest BCUT2D eigenvalue weighted by Crippen LogP contribution is -2.11. The maximum absolute atomic E-state index is 14.9. The van der Waals surface area contributed by atoms with Gasteiger partial charge in [-0.25, -0.2) is 4.39 Å². The highest BCUT2D eigenvalue weighted by molar-refractivity contribution is 5.65. The third-order valence-electron chi connectivity index (χ3n) is 7.06. The van der Waals surface area contributed by atoms with Crippen molar-refractivity contribution in [2.75, 3.05) is 0 Å². The Balaban J connectivity index is 0.00000155. The van der Waals surface area contributed by atoms with Crippen LogP contribution in [-0.2, 0) is 0 Å². The monoisotopic (exact) mass is 408 g/mol. The molecule has 2 atom stereocenters. The fraction of sp³-hybridized carbons (Fsp3) is 0.517. The molecule has 2 unspecified atom stereocenters. The molecular formula is C29H41F. The number of rotatable bonds is 7. The molecule has 1 aliphatic carbocycles. The molecule has 30 heavy (non-hydrogen) atoms. The van der Waals surface area contributed by atoms with Gasteiger partial charge in [0.1, 0.15) is 5.82 Å². The van der Waals surface area contributed by atoms with Crippen molar-refractivity contribution in [2.24, 2.45) is 11.8 Å². The van der Waals surface area contributed by atoms with Gasteiger partial charge in [-0.1, -0.05) is 89.8 Å². The summed E-state index contributed by atoms with van der Waals surface area (Å²) in [6.45, 7) is 15.2. The Morgan fingerprint density at radius 2 is 1.57 bits per heavy atom. The molecule has 3 rings (SSSR count). The SMILES string of the molecule is C=C.CCC(C)CCC(C)c1ccc(-c2ccc(C3CCC(C)CC3)cc2F)cc1. The van der Waals surface area contributed by atoms with Crippen LogP contribution < -0.4 is 0 Å². The van der Waals surface area contributed by atoms with E-state index in [1.54, 1.807) is 6.07 Å². The van der Waals surface area contributed by atoms with E-state index in [9.17, 15) is 4.39 Å². The lowest BCUT2D eigenvalue weighted by molar-refractivity contribution is 0.347. The minimum absolute atomic E-state index is 0.0753. The van der Waals surface area contributed by atoms with Crippen molar-refractivity contribution >= 4 is 0 Å². The molecule has 0 spiro atoms. The second-order valence-corrected chi connectivity index (χ2v) is 9.31. The number of hydrogen-bond donors (Lipinski definition) is 0. The molecule has 0 aliphatic heterocycles. The quantitative estimate of drug-likeness (QED) is 0.400. The van der Waals surface area contributed by atoms with Crippen molar-refractivity contribution in [3.8, 4) is 11.1 Å². The Bertz CT molecular complexity index is 752. The summed E-state index contributed by atoms with van der Waals surface area (Å²) in [5.41, 5.74) is 4.26. The molecule has 1 saturated carbocycles. The average Bonchev–Trinajstić information content (AvgIpc) is 2.79. The molecule has 1 fully saturated rings. The maximum Gasteiger partial charge on any atom is 0.131 e. The standard InChI is InChI=1S/C27H37F.C2H4/c1-5-19(2)6-9-21(4)22-12-14-24(15-13-22)26-17-16-25(18-27(26)28)23-10-7-20(3)8-11-23;1-2/h12-21,23H,5-11H2,1-4H3;1-2H2. The van der Waals surface area contributed by atoms with Crippen molar-refractivity contribution in [1.82, 2.24) is 0 Å². The molecule has 1 heteroatoms. The number of benzene rings is 2. The molecule has 0 nitrogen and oxygen atoms in total. The first-order valence-electron chi connectivity index (χ1n) is 11.9. The Hall–Kier alpha value is -1.89. The van der Waals surface area contributed by atoms with Gasteiger partial charge in [0.05, 0.1) is 0 Å². The molecule has 0 heterocycles. The second-order valence-electron chi connectivity index (χ2n) is 9.31. The van der Waals surface area contributed by atoms with Gasteiger partial charge < -0.3 is 0 Å². The normalized spacial score (nSPS) is 20.7. The van der Waals surface area contributed by atoms with Gasteiger partial charge >= 0.3 is 0 Å². The highest BCUT2D eigenvalue weighted by Gasteiger charge is 2.20. The van der Waals surface area contributed by atoms with E-state index in [-0.39, 0.29) is 5.82 Å². The lowest BCUT2D eigenvalue weighted by atomic mass is 9.79. The van der Waals surface area contributed by atoms with E-state index < -0.39 is 0 Å². The summed E-state index contributed by atoms with van der Waals surface area (Å²) < 4.78 is 14.9. The van der Waals surface area contributed by atoms with Crippen LogP contribution in [0.1, 0.15) is 95.6 Å². The summed E-state index contributed by atoms with van der Waals surface area (Å²) in [6, 6.07) is 14.5. The van der Waals surface area contributed by atoms with Crippen LogP contribution in [0.25, 0.3) is 11.1 Å². The first kappa shape index (κ1) is 24.4. The van der Waals surface area contributed by atoms with Crippen LogP contribution in [0.3, 0.4) is 0 Å². The van der Waals surface area contributed by atoms with E-state index in [1.807, 2.05) is 6.07 Å². The van der Waals surface area contributed by atoms with Crippen molar-refractivity contribution in [3.63, 3.8) is 0 Å². The van der Waals surface area contributed by atoms with Crippen LogP contribution in [0.15, 0.2) is 55.6 Å². The predicted octanol–water partition coefficient (Wildman–Crippen LogP) is 9.52. The van der Waals surface area contributed by atoms with Crippen LogP contribution in [0.4, 0.5) is 4.39 Å². The maximum atomic E-state index is 14.9. The van der Waals surface area contributed by atoms with Crippen LogP contribution in [0.2, 0.25) is 0 Å². The van der Waals surface area contributed by atoms with E-state index in [0.29, 0.717) is 11.8 Å². The molecule has 0 bridgehead atoms. The van der Waals surface area contributed by atoms with E-state index in [4.69, 9.17) is 0 Å². The van der Waals surface area contributed by atoms with Crippen LogP contribution >= 0.6 is 0 Å². The largest absolute Gasteiger partial charge is 0.206 e. The zero-order chi connectivity index (χ0) is 22.1. The third kappa shape index (κ3) is 6.56. The zero-order valence-electron chi connectivity index (χ0n) is 19.6. The minimum Gasteiger partial charge on any atom is -0.206 e. The Labute approximate surface area is 184 Å². The van der Waals surface area contributed by atoms with Crippen LogP contribution in [0, 0.1) is 17.7 Å². The molecule has 0 N–H and O–H groups in total. The topological polar surface area (TPSA) is 0 Å². The summed E-state index contributed by atoms with van der Waals surface area (Å²) in [4.78, 5) is 0. The van der Waals surface area contributed by atoms with Gasteiger partial charge in [-0.15, -0.1) is 13.2 Å². The summed E-state index contributed by atoms with van der Waals surface area (Å²) in [5.74, 6) is 2.64. The summed E-state index contributed by atoms with van der Waals surface area (Å²) in [6.07, 6.45) is 8.68. The third-order valence-corrected chi connectivity index (χ3v) is 7.06. The smallest absolute Gasteiger partial charge is 0.131 e. The van der Waals surface area contributed by atoms with Crippen molar-refractivity contribution in [1.29, 1.82) is 0 Å². The van der Waals surface area contributed by atoms with Crippen LogP contribution in [-0.4, -0.2) is 0 Å². The van der Waals surface area contributed by atoms with Gasteiger partial charge in [0.15, 0.2) is 0 Å². The lowest BCUT2D eigenvalue weighted by Gasteiger charge is -2.26. The second kappa shape index (κ2) is 12.1. The molecule has 0 radical (unpaired) electrons. The molecule has 1 aliphatic rings. The van der Waals surface area contributed by atoms with Gasteiger partial charge in [-0.05, 0) is 65.7 Å². The van der Waals surface area contributed by atoms with E-state index in [1.165, 1.54) is 56.1 Å². The molecule has 2 aromatic rings. The fourth-order valence-electron chi connectivity index (χ4n) is 4.51. The minimum atomic E-state index is -0.0753. The highest BCUT2D eigenvalue weighted by Crippen LogP contribution is 2.37. The molecule has 164 valence electrons. The number of hydrogen-bond acceptors (Lipinski definition) is 0. The average molecular weight is 409 g/mol. The van der Waals surface area contributed by atoms with Gasteiger partial charge in [0.2, 0.25) is 0 Å². The van der Waals surface area contributed by atoms with E-state index >= 15 is 0 Å². The molecular weight excluding hydrogens is 367 g/mol. The molecule has 0 aromatic heterocycles. The van der Waals surface area contributed by atoms with Gasteiger partial charge in [-0.3, -0.25) is 0 Å². The first-order valence-corrected chi connectivity index (χ1v) is 11.9. The highest BCUT2D eigenvalue weighted by atomic mass is 19.1. The molecule has 0 saturated heterocycles. The summed E-state index contributed by atoms with van der Waals surface area (Å²) in [5, 5.41) is 0. The van der Waals surface area contributed by atoms with Crippen molar-refractivity contribution in [3.05, 3.63) is 72.6 Å². The summed E-state index contributed by atoms with van der Waals surface area (Å²) >= 11 is 0. The van der Waals surface area contributed by atoms with Crippen molar-refractivity contribution in [2.45, 2.75) is 84.5 Å². The summed E-state index contributed by atoms with van der Waals surface area (Å²) in [7, 11) is 0. The zero-order valence-corrected chi connectivity index (χ0v) is 19.6. The molecule has 2 aromatic carbocycles. The van der Waals surface area contributed by atoms with Gasteiger partial charge in [0.25, 0.3) is 0 Å². The number of halogens is 1. The Morgan fingerprint density at radius 3 is 2.13 bits per heavy atom. The fourth-order valence-corrected chi connectivity index (χ4v) is 4.51. The molecule has 0 amide bonds. The predicted molar refractivity (Wildman–Crippen MR) is 131 cm³/mol. The Kier molecular flexibility index (Phi) is 9.82. The van der Waals surface area contributed by atoms with Crippen molar-refractivity contribution < 1.29 is 4.39 Å². The first-order chi connectivity index (χ1) is 14.5. The van der Waals surface area contributed by atoms with Gasteiger partial charge in [0, 0.05) is 5.56 Å². The van der Waals surface area contributed by atoms with Gasteiger partial charge in [-0.2, -0.15) is 0 Å². The van der Waals surface area contributed by atoms with E-state index in [0.717, 1.165) is 23.0 Å². The van der Waals surface area contributed by atoms with E-state index in [2.05, 4.69) is 71.2 Å².